The van der Waals surface area contributed by atoms with E-state index >= 15 is 0 Å². The third kappa shape index (κ3) is 2.97. The number of allylic oxidation sites excluding steroid dienone is 1. The molecule has 0 fully saturated rings. The second kappa shape index (κ2) is 6.01. The number of aromatic nitrogens is 2. The van der Waals surface area contributed by atoms with Gasteiger partial charge < -0.3 is 9.47 Å². The monoisotopic (exact) mass is 304 g/mol. The summed E-state index contributed by atoms with van der Waals surface area (Å²) in [5, 5.41) is 4.61. The molecule has 0 atom stereocenters. The van der Waals surface area contributed by atoms with Crippen LogP contribution in [0.1, 0.15) is 5.56 Å². The molecule has 0 unspecified atom stereocenters. The summed E-state index contributed by atoms with van der Waals surface area (Å²) in [6.07, 6.45) is 6.18. The fourth-order valence-corrected chi connectivity index (χ4v) is 2.53. The molecule has 0 radical (unpaired) electrons. The summed E-state index contributed by atoms with van der Waals surface area (Å²) >= 11 is 0. The molecule has 23 heavy (non-hydrogen) atoms. The van der Waals surface area contributed by atoms with Gasteiger partial charge in [0, 0.05) is 11.8 Å². The molecule has 0 saturated heterocycles. The maximum absolute atomic E-state index is 5.41. The van der Waals surface area contributed by atoms with Gasteiger partial charge in [0.1, 0.15) is 0 Å². The van der Waals surface area contributed by atoms with Crippen LogP contribution in [0.5, 0.6) is 11.5 Å². The lowest BCUT2D eigenvalue weighted by Crippen LogP contribution is -1.95. The average Bonchev–Trinajstić information content (AvgIpc) is 3.24. The van der Waals surface area contributed by atoms with E-state index < -0.39 is 0 Å². The van der Waals surface area contributed by atoms with Crippen molar-refractivity contribution in [3.05, 3.63) is 72.4 Å². The minimum absolute atomic E-state index is 0.289. The van der Waals surface area contributed by atoms with E-state index in [2.05, 4.69) is 29.4 Å². The predicted octanol–water partition coefficient (Wildman–Crippen LogP) is 3.99. The lowest BCUT2D eigenvalue weighted by atomic mass is 10.1. The summed E-state index contributed by atoms with van der Waals surface area (Å²) in [6, 6.07) is 18.1. The van der Waals surface area contributed by atoms with Crippen molar-refractivity contribution in [3.63, 3.8) is 0 Å². The molecule has 114 valence electrons. The predicted molar refractivity (Wildman–Crippen MR) is 89.3 cm³/mol. The lowest BCUT2D eigenvalue weighted by Gasteiger charge is -2.00. The van der Waals surface area contributed by atoms with Crippen LogP contribution >= 0.6 is 0 Å². The Balaban J connectivity index is 1.48. The molecule has 0 aliphatic carbocycles. The Morgan fingerprint density at radius 1 is 1.00 bits per heavy atom. The van der Waals surface area contributed by atoms with E-state index in [1.54, 1.807) is 0 Å². The molecule has 0 spiro atoms. The third-order valence-corrected chi connectivity index (χ3v) is 3.71. The number of rotatable bonds is 4. The Hall–Kier alpha value is -3.01. The van der Waals surface area contributed by atoms with Crippen molar-refractivity contribution in [2.75, 3.05) is 6.79 Å². The van der Waals surface area contributed by atoms with E-state index in [0.717, 1.165) is 29.3 Å². The van der Waals surface area contributed by atoms with Crippen LogP contribution in [0.2, 0.25) is 0 Å². The van der Waals surface area contributed by atoms with Gasteiger partial charge in [0.2, 0.25) is 6.79 Å². The molecule has 2 heterocycles. The summed E-state index contributed by atoms with van der Waals surface area (Å²) in [5.74, 6) is 1.57. The molecule has 0 bridgehead atoms. The highest BCUT2D eigenvalue weighted by atomic mass is 16.7. The van der Waals surface area contributed by atoms with E-state index in [1.165, 1.54) is 5.56 Å². The maximum atomic E-state index is 5.41. The van der Waals surface area contributed by atoms with Gasteiger partial charge in [-0.15, -0.1) is 0 Å². The van der Waals surface area contributed by atoms with E-state index in [4.69, 9.17) is 9.47 Å². The molecular formula is C19H16N2O2. The number of benzene rings is 2. The average molecular weight is 304 g/mol. The summed E-state index contributed by atoms with van der Waals surface area (Å²) in [6.45, 7) is 1.02. The van der Waals surface area contributed by atoms with E-state index in [0.29, 0.717) is 0 Å². The van der Waals surface area contributed by atoms with Crippen LogP contribution in [0.4, 0.5) is 0 Å². The van der Waals surface area contributed by atoms with Crippen molar-refractivity contribution in [2.24, 2.45) is 0 Å². The second-order valence-electron chi connectivity index (χ2n) is 5.30. The molecule has 1 aliphatic rings. The number of fused-ring (bicyclic) bond motifs is 1. The number of hydrogen-bond donors (Lipinski definition) is 0. The normalized spacial score (nSPS) is 12.9. The van der Waals surface area contributed by atoms with Gasteiger partial charge in [0.05, 0.1) is 12.2 Å². The van der Waals surface area contributed by atoms with Crippen LogP contribution in [0, 0.1) is 0 Å². The first kappa shape index (κ1) is 13.6. The summed E-state index contributed by atoms with van der Waals surface area (Å²) in [5.41, 5.74) is 3.15. The van der Waals surface area contributed by atoms with Crippen molar-refractivity contribution in [3.8, 4) is 22.8 Å². The minimum Gasteiger partial charge on any atom is -0.454 e. The van der Waals surface area contributed by atoms with Gasteiger partial charge in [-0.25, -0.2) is 0 Å². The quantitative estimate of drug-likeness (QED) is 0.731. The van der Waals surface area contributed by atoms with Gasteiger partial charge in [0.15, 0.2) is 11.5 Å². The molecule has 2 aromatic carbocycles. The summed E-state index contributed by atoms with van der Waals surface area (Å²) in [4.78, 5) is 0. The fourth-order valence-electron chi connectivity index (χ4n) is 2.53. The standard InChI is InChI=1S/C19H16N2O2/c1-2-5-15(6-3-1)7-4-11-21-12-10-17(20-21)16-8-9-18-19(13-16)23-14-22-18/h1-10,12-13H,11,14H2/b7-4+. The number of nitrogens with zero attached hydrogens (tertiary/aromatic N) is 2. The highest BCUT2D eigenvalue weighted by Gasteiger charge is 2.14. The van der Waals surface area contributed by atoms with Gasteiger partial charge in [-0.05, 0) is 29.8 Å². The third-order valence-electron chi connectivity index (χ3n) is 3.71. The topological polar surface area (TPSA) is 36.3 Å². The first-order chi connectivity index (χ1) is 11.4. The molecule has 0 N–H and O–H groups in total. The van der Waals surface area contributed by atoms with Crippen LogP contribution in [0.15, 0.2) is 66.9 Å². The second-order valence-corrected chi connectivity index (χ2v) is 5.30. The molecule has 0 saturated carbocycles. The summed E-state index contributed by atoms with van der Waals surface area (Å²) in [7, 11) is 0. The molecule has 4 heteroatoms. The van der Waals surface area contributed by atoms with Crippen LogP contribution in [-0.4, -0.2) is 16.6 Å². The van der Waals surface area contributed by atoms with E-state index in [-0.39, 0.29) is 6.79 Å². The van der Waals surface area contributed by atoms with Gasteiger partial charge >= 0.3 is 0 Å². The van der Waals surface area contributed by atoms with Crippen LogP contribution < -0.4 is 9.47 Å². The lowest BCUT2D eigenvalue weighted by molar-refractivity contribution is 0.174. The molecule has 4 nitrogen and oxygen atoms in total. The number of ether oxygens (including phenoxy) is 2. The Bertz CT molecular complexity index is 838. The van der Waals surface area contributed by atoms with Crippen molar-refractivity contribution >= 4 is 6.08 Å². The molecular weight excluding hydrogens is 288 g/mol. The van der Waals surface area contributed by atoms with Crippen LogP contribution in [0.3, 0.4) is 0 Å². The minimum atomic E-state index is 0.289. The Kier molecular flexibility index (Phi) is 3.56. The van der Waals surface area contributed by atoms with Crippen LogP contribution in [-0.2, 0) is 6.54 Å². The zero-order valence-corrected chi connectivity index (χ0v) is 12.6. The van der Waals surface area contributed by atoms with Gasteiger partial charge in [-0.2, -0.15) is 5.10 Å². The van der Waals surface area contributed by atoms with Gasteiger partial charge in [-0.1, -0.05) is 42.5 Å². The number of hydrogen-bond acceptors (Lipinski definition) is 3. The molecule has 1 aromatic heterocycles. The van der Waals surface area contributed by atoms with Gasteiger partial charge in [0.25, 0.3) is 0 Å². The van der Waals surface area contributed by atoms with E-state index in [1.807, 2.05) is 53.3 Å². The van der Waals surface area contributed by atoms with Gasteiger partial charge in [-0.3, -0.25) is 4.68 Å². The Morgan fingerprint density at radius 3 is 2.78 bits per heavy atom. The fraction of sp³-hybridized carbons (Fsp3) is 0.105. The highest BCUT2D eigenvalue weighted by Crippen LogP contribution is 2.35. The zero-order chi connectivity index (χ0) is 15.5. The SMILES string of the molecule is C(=C\c1ccccc1)/Cn1ccc(-c2ccc3c(c2)OCO3)n1. The highest BCUT2D eigenvalue weighted by molar-refractivity contribution is 5.64. The molecule has 1 aliphatic heterocycles. The van der Waals surface area contributed by atoms with Crippen molar-refractivity contribution in [1.82, 2.24) is 9.78 Å². The summed E-state index contributed by atoms with van der Waals surface area (Å²) < 4.78 is 12.7. The maximum Gasteiger partial charge on any atom is 0.231 e. The van der Waals surface area contributed by atoms with Crippen LogP contribution in [0.25, 0.3) is 17.3 Å². The van der Waals surface area contributed by atoms with E-state index in [9.17, 15) is 0 Å². The molecule has 3 aromatic rings. The van der Waals surface area contributed by atoms with Crippen molar-refractivity contribution in [2.45, 2.75) is 6.54 Å². The largest absolute Gasteiger partial charge is 0.454 e. The zero-order valence-electron chi connectivity index (χ0n) is 12.6. The Morgan fingerprint density at radius 2 is 1.87 bits per heavy atom. The molecule has 4 rings (SSSR count). The first-order valence-corrected chi connectivity index (χ1v) is 7.53. The first-order valence-electron chi connectivity index (χ1n) is 7.53. The van der Waals surface area contributed by atoms with Crippen molar-refractivity contribution in [1.29, 1.82) is 0 Å². The Labute approximate surface area is 134 Å². The van der Waals surface area contributed by atoms with Crippen molar-refractivity contribution < 1.29 is 9.47 Å². The smallest absolute Gasteiger partial charge is 0.231 e. The molecule has 0 amide bonds.